The van der Waals surface area contributed by atoms with Gasteiger partial charge >= 0.3 is 33.6 Å². The molecule has 0 bridgehead atoms. The lowest BCUT2D eigenvalue weighted by Crippen LogP contribution is -2.30. The number of carbonyl (C=O) groups is 3. The number of carbonyl (C=O) groups excluding carboxylic acids is 3. The zero-order valence-corrected chi connectivity index (χ0v) is 64.6. The van der Waals surface area contributed by atoms with E-state index in [-0.39, 0.29) is 19.3 Å². The van der Waals surface area contributed by atoms with Crippen molar-refractivity contribution in [3.63, 3.8) is 0 Å². The van der Waals surface area contributed by atoms with Crippen LogP contribution < -0.4 is 0 Å². The van der Waals surface area contributed by atoms with E-state index in [1.807, 2.05) is 0 Å². The van der Waals surface area contributed by atoms with Crippen LogP contribution in [0.3, 0.4) is 0 Å². The number of unbranched alkanes of at least 4 members (excludes halogenated alkanes) is 23. The van der Waals surface area contributed by atoms with Crippen LogP contribution in [0.25, 0.3) is 0 Å². The summed E-state index contributed by atoms with van der Waals surface area (Å²) in [6.07, 6.45) is 92.8. The quantitative estimate of drug-likeness (QED) is 0.0146. The average molecular weight is 1450 g/mol. The van der Waals surface area contributed by atoms with Crippen LogP contribution in [-0.4, -0.2) is 95.9 Å². The summed E-state index contributed by atoms with van der Waals surface area (Å²) in [5, 5.41) is 20.6. The van der Waals surface area contributed by atoms with Gasteiger partial charge in [0, 0.05) is 19.3 Å². The number of phosphoric acid groups is 2. The molecule has 5 unspecified atom stereocenters. The van der Waals surface area contributed by atoms with Gasteiger partial charge in [-0.3, -0.25) is 32.5 Å². The van der Waals surface area contributed by atoms with E-state index < -0.39 is 91.5 Å². The zero-order chi connectivity index (χ0) is 73.7. The van der Waals surface area contributed by atoms with Crippen LogP contribution in [-0.2, 0) is 55.8 Å². The number of rotatable bonds is 72. The van der Waals surface area contributed by atoms with Crippen LogP contribution in [0.1, 0.15) is 290 Å². The molecule has 0 spiro atoms. The highest BCUT2D eigenvalue weighted by molar-refractivity contribution is 7.47. The van der Waals surface area contributed by atoms with Gasteiger partial charge < -0.3 is 34.2 Å². The van der Waals surface area contributed by atoms with Crippen molar-refractivity contribution in [2.75, 3.05) is 39.6 Å². The Hall–Kier alpha value is -4.83. The van der Waals surface area contributed by atoms with Gasteiger partial charge in [-0.25, -0.2) is 9.13 Å². The summed E-state index contributed by atoms with van der Waals surface area (Å²) in [5.74, 6) is -1.63. The van der Waals surface area contributed by atoms with E-state index in [9.17, 15) is 43.5 Å². The van der Waals surface area contributed by atoms with Gasteiger partial charge in [-0.2, -0.15) is 0 Å². The first-order valence-corrected chi connectivity index (χ1v) is 41.8. The fourth-order valence-corrected chi connectivity index (χ4v) is 11.5. The smallest absolute Gasteiger partial charge is 0.463 e. The van der Waals surface area contributed by atoms with Gasteiger partial charge in [-0.05, 0) is 148 Å². The molecule has 18 heteroatoms. The molecule has 0 radical (unpaired) electrons. The molecule has 5 atom stereocenters. The topological polar surface area (TPSA) is 231 Å². The number of aliphatic hydroxyl groups excluding tert-OH is 2. The molecule has 0 heterocycles. The maximum absolute atomic E-state index is 13.0. The minimum Gasteiger partial charge on any atom is -0.463 e. The van der Waals surface area contributed by atoms with Crippen LogP contribution in [0, 0.1) is 0 Å². The third-order valence-electron chi connectivity index (χ3n) is 15.7. The van der Waals surface area contributed by atoms with Crippen molar-refractivity contribution >= 4 is 33.6 Å². The number of aliphatic hydroxyl groups is 2. The van der Waals surface area contributed by atoms with Crippen molar-refractivity contribution in [2.24, 2.45) is 0 Å². The Bertz CT molecular complexity index is 2470. The first kappa shape index (κ1) is 96.2. The third kappa shape index (κ3) is 76.1. The van der Waals surface area contributed by atoms with Gasteiger partial charge in [0.1, 0.15) is 25.4 Å². The zero-order valence-electron chi connectivity index (χ0n) is 62.8. The summed E-state index contributed by atoms with van der Waals surface area (Å²) in [7, 11) is -9.81. The van der Waals surface area contributed by atoms with E-state index in [0.717, 1.165) is 180 Å². The van der Waals surface area contributed by atoms with Crippen LogP contribution in [0.15, 0.2) is 158 Å². The Morgan fingerprint density at radius 2 is 0.525 bits per heavy atom. The highest BCUT2D eigenvalue weighted by Gasteiger charge is 2.29. The Labute approximate surface area is 612 Å². The Morgan fingerprint density at radius 1 is 0.287 bits per heavy atom. The Kier molecular flexibility index (Phi) is 71.3. The van der Waals surface area contributed by atoms with Crippen molar-refractivity contribution < 1.29 is 75.8 Å². The van der Waals surface area contributed by atoms with Gasteiger partial charge in [-0.15, -0.1) is 0 Å². The van der Waals surface area contributed by atoms with Crippen molar-refractivity contribution in [2.45, 2.75) is 309 Å². The molecule has 0 saturated heterocycles. The summed E-state index contributed by atoms with van der Waals surface area (Å²) in [4.78, 5) is 58.7. The maximum atomic E-state index is 13.0. The summed E-state index contributed by atoms with van der Waals surface area (Å²) in [6.45, 7) is 2.37. The molecule has 0 amide bonds. The minimum atomic E-state index is -4.95. The number of hydrogen-bond acceptors (Lipinski definition) is 14. The fraction of sp³-hybridized carbons (Fsp3) is 0.651. The Balaban J connectivity index is 4.68. The molecule has 0 aliphatic heterocycles. The predicted octanol–water partition coefficient (Wildman–Crippen LogP) is 22.6. The Morgan fingerprint density at radius 3 is 0.832 bits per heavy atom. The first-order valence-electron chi connectivity index (χ1n) is 38.8. The SMILES string of the molecule is CC/C=C\C/C=C\C/C=C\C/C=C\C/C=C\CCCCCCCCCCCC(=O)OCC(O)COP(=O)(O)OCC(O)COP(=O)(O)OCC(COC(=O)CCCCCCCCC/C=C\C/C=C\C/C=C\C/C=C\CCCCC)OC(=O)CCCCCC/C=C\C/C=C\C/C=C\C/C=C\CC. The molecule has 0 fully saturated rings. The van der Waals surface area contributed by atoms with Crippen molar-refractivity contribution in [3.05, 3.63) is 158 Å². The van der Waals surface area contributed by atoms with Gasteiger partial charge in [-0.1, -0.05) is 281 Å². The summed E-state index contributed by atoms with van der Waals surface area (Å²) >= 11 is 0. The molecule has 0 aromatic rings. The molecule has 0 aromatic carbocycles. The molecule has 4 N–H and O–H groups in total. The number of phosphoric ester groups is 2. The molecular weight excluding hydrogens is 1310 g/mol. The van der Waals surface area contributed by atoms with Gasteiger partial charge in [0.25, 0.3) is 0 Å². The van der Waals surface area contributed by atoms with Crippen LogP contribution in [0.4, 0.5) is 0 Å². The highest BCUT2D eigenvalue weighted by Crippen LogP contribution is 2.45. The number of ether oxygens (including phenoxy) is 3. The molecule has 16 nitrogen and oxygen atoms in total. The first-order chi connectivity index (χ1) is 49.2. The van der Waals surface area contributed by atoms with E-state index >= 15 is 0 Å². The van der Waals surface area contributed by atoms with E-state index in [1.54, 1.807) is 0 Å². The van der Waals surface area contributed by atoms with Gasteiger partial charge in [0.15, 0.2) is 6.10 Å². The lowest BCUT2D eigenvalue weighted by atomic mass is 10.1. The second kappa shape index (κ2) is 74.9. The number of esters is 3. The molecule has 0 saturated carbocycles. The third-order valence-corrected chi connectivity index (χ3v) is 17.6. The van der Waals surface area contributed by atoms with Crippen molar-refractivity contribution in [3.8, 4) is 0 Å². The van der Waals surface area contributed by atoms with Crippen molar-refractivity contribution in [1.29, 1.82) is 0 Å². The van der Waals surface area contributed by atoms with Gasteiger partial charge in [0.05, 0.1) is 26.4 Å². The lowest BCUT2D eigenvalue weighted by Gasteiger charge is -2.21. The monoisotopic (exact) mass is 1450 g/mol. The normalized spacial score (nSPS) is 14.9. The van der Waals surface area contributed by atoms with E-state index in [2.05, 4.69) is 179 Å². The molecule has 0 aliphatic carbocycles. The predicted molar refractivity (Wildman–Crippen MR) is 417 cm³/mol. The van der Waals surface area contributed by atoms with E-state index in [0.29, 0.717) is 19.3 Å². The van der Waals surface area contributed by atoms with Crippen LogP contribution >= 0.6 is 15.6 Å². The van der Waals surface area contributed by atoms with Crippen LogP contribution in [0.2, 0.25) is 0 Å². The van der Waals surface area contributed by atoms with Crippen molar-refractivity contribution in [1.82, 2.24) is 0 Å². The fourth-order valence-electron chi connectivity index (χ4n) is 9.87. The summed E-state index contributed by atoms with van der Waals surface area (Å²) in [5.41, 5.74) is 0. The molecule has 0 rings (SSSR count). The van der Waals surface area contributed by atoms with E-state index in [1.165, 1.54) is 51.4 Å². The summed E-state index contributed by atoms with van der Waals surface area (Å²) in [6, 6.07) is 0. The number of allylic oxidation sites excluding steroid dienone is 26. The molecule has 576 valence electrons. The molecular formula is C83H138O16P2. The molecule has 0 aromatic heterocycles. The van der Waals surface area contributed by atoms with Gasteiger partial charge in [0.2, 0.25) is 0 Å². The highest BCUT2D eigenvalue weighted by atomic mass is 31.2. The molecule has 0 aliphatic rings. The second-order valence-corrected chi connectivity index (χ2v) is 28.3. The standard InChI is InChI=1S/C83H138O16P2/c1-4-7-10-13-16-19-22-25-28-31-33-35-37-38-40-42-43-46-48-51-54-57-60-63-66-69-81(86)93-72-78(84)73-95-100(89,90)96-74-79(85)75-97-101(91,92)98-77-80(99-83(88)71-68-65-62-59-56-53-50-45-30-27-24-21-18-15-12-9-6-3)76-94-82(87)70-67-64-61-58-55-52-49-47-44-41-39-36-34-32-29-26-23-20-17-14-11-8-5-2/h7,9-10,12,16-21,25-30,33-36,38,40-41,44,50,53,78-80,84-85H,4-6,8,11,13-15,22-24,31-32,37,39,42-43,45-49,51-52,54-77H2,1-3H3,(H,89,90)(H,91,92)/b10-7-,12-9-,19-16-,20-17-,21-18-,28-25-,29-26-,30-27-,35-33-,36-34-,40-38-,44-41-,53-50-. The summed E-state index contributed by atoms with van der Waals surface area (Å²) < 4.78 is 61.1. The maximum Gasteiger partial charge on any atom is 0.472 e. The minimum absolute atomic E-state index is 0.0688. The molecule has 101 heavy (non-hydrogen) atoms. The largest absolute Gasteiger partial charge is 0.472 e. The second-order valence-electron chi connectivity index (χ2n) is 25.4. The number of hydrogen-bond donors (Lipinski definition) is 4. The average Bonchev–Trinajstić information content (AvgIpc) is 0.946. The lowest BCUT2D eigenvalue weighted by molar-refractivity contribution is -0.161. The van der Waals surface area contributed by atoms with E-state index in [4.69, 9.17) is 32.3 Å². The van der Waals surface area contributed by atoms with Crippen LogP contribution in [0.5, 0.6) is 0 Å².